The van der Waals surface area contributed by atoms with Gasteiger partial charge in [-0.25, -0.2) is 0 Å². The molecule has 0 unspecified atom stereocenters. The summed E-state index contributed by atoms with van der Waals surface area (Å²) in [7, 11) is 1.98. The SMILES string of the molecule is Cc1nn(C)c(N2CCCO[C@@H](C)C2)c1CN. The van der Waals surface area contributed by atoms with Crippen LogP contribution in [0.3, 0.4) is 0 Å². The van der Waals surface area contributed by atoms with E-state index in [2.05, 4.69) is 16.9 Å². The number of hydrogen-bond donors (Lipinski definition) is 1. The summed E-state index contributed by atoms with van der Waals surface area (Å²) in [6.45, 7) is 7.43. The molecule has 17 heavy (non-hydrogen) atoms. The Balaban J connectivity index is 2.31. The number of nitrogens with zero attached hydrogens (tertiary/aromatic N) is 3. The Morgan fingerprint density at radius 1 is 1.53 bits per heavy atom. The molecule has 0 amide bonds. The smallest absolute Gasteiger partial charge is 0.131 e. The highest BCUT2D eigenvalue weighted by Gasteiger charge is 2.22. The van der Waals surface area contributed by atoms with Crippen molar-refractivity contribution in [2.75, 3.05) is 24.6 Å². The average molecular weight is 238 g/mol. The summed E-state index contributed by atoms with van der Waals surface area (Å²) in [5.74, 6) is 1.15. The zero-order valence-electron chi connectivity index (χ0n) is 10.9. The highest BCUT2D eigenvalue weighted by molar-refractivity contribution is 5.50. The third-order valence-corrected chi connectivity index (χ3v) is 3.27. The lowest BCUT2D eigenvalue weighted by Gasteiger charge is -2.25. The molecule has 0 saturated carbocycles. The van der Waals surface area contributed by atoms with Gasteiger partial charge in [-0.2, -0.15) is 5.10 Å². The molecule has 1 aromatic heterocycles. The number of ether oxygens (including phenoxy) is 1. The highest BCUT2D eigenvalue weighted by atomic mass is 16.5. The van der Waals surface area contributed by atoms with E-state index in [0.29, 0.717) is 6.54 Å². The number of rotatable bonds is 2. The van der Waals surface area contributed by atoms with E-state index in [9.17, 15) is 0 Å². The second-order valence-corrected chi connectivity index (χ2v) is 4.70. The molecule has 5 heteroatoms. The van der Waals surface area contributed by atoms with Crippen LogP contribution in [0.4, 0.5) is 5.82 Å². The molecule has 0 aromatic carbocycles. The Labute approximate surface area is 103 Å². The summed E-state index contributed by atoms with van der Waals surface area (Å²) in [5.41, 5.74) is 8.02. The molecule has 0 bridgehead atoms. The van der Waals surface area contributed by atoms with Gasteiger partial charge in [-0.3, -0.25) is 4.68 Å². The van der Waals surface area contributed by atoms with Crippen LogP contribution in [0.1, 0.15) is 24.6 Å². The molecule has 1 aromatic rings. The van der Waals surface area contributed by atoms with Gasteiger partial charge in [-0.1, -0.05) is 0 Å². The molecule has 1 saturated heterocycles. The van der Waals surface area contributed by atoms with E-state index in [4.69, 9.17) is 10.5 Å². The van der Waals surface area contributed by atoms with Crippen LogP contribution < -0.4 is 10.6 Å². The quantitative estimate of drug-likeness (QED) is 0.828. The maximum absolute atomic E-state index is 5.83. The summed E-state index contributed by atoms with van der Waals surface area (Å²) < 4.78 is 7.61. The summed E-state index contributed by atoms with van der Waals surface area (Å²) in [5, 5.41) is 4.47. The van der Waals surface area contributed by atoms with Crippen molar-refractivity contribution in [2.24, 2.45) is 12.8 Å². The molecular weight excluding hydrogens is 216 g/mol. The Morgan fingerprint density at radius 3 is 3.00 bits per heavy atom. The molecule has 1 aliphatic heterocycles. The molecule has 96 valence electrons. The first-order valence-corrected chi connectivity index (χ1v) is 6.22. The van der Waals surface area contributed by atoms with E-state index in [1.807, 2.05) is 18.7 Å². The minimum Gasteiger partial charge on any atom is -0.377 e. The number of hydrogen-bond acceptors (Lipinski definition) is 4. The Kier molecular flexibility index (Phi) is 3.69. The molecule has 1 aliphatic rings. The van der Waals surface area contributed by atoms with Crippen molar-refractivity contribution in [3.63, 3.8) is 0 Å². The third kappa shape index (κ3) is 2.45. The van der Waals surface area contributed by atoms with Crippen LogP contribution in [-0.4, -0.2) is 35.6 Å². The zero-order valence-corrected chi connectivity index (χ0v) is 10.9. The molecule has 2 heterocycles. The first kappa shape index (κ1) is 12.4. The molecule has 2 N–H and O–H groups in total. The average Bonchev–Trinajstić information content (AvgIpc) is 2.46. The fourth-order valence-electron chi connectivity index (χ4n) is 2.51. The molecule has 0 radical (unpaired) electrons. The Morgan fingerprint density at radius 2 is 2.29 bits per heavy atom. The van der Waals surface area contributed by atoms with E-state index < -0.39 is 0 Å². The second kappa shape index (κ2) is 5.06. The lowest BCUT2D eigenvalue weighted by atomic mass is 10.2. The monoisotopic (exact) mass is 238 g/mol. The van der Waals surface area contributed by atoms with Gasteiger partial charge in [-0.15, -0.1) is 0 Å². The van der Waals surface area contributed by atoms with Gasteiger partial charge in [0.05, 0.1) is 11.8 Å². The third-order valence-electron chi connectivity index (χ3n) is 3.27. The van der Waals surface area contributed by atoms with Crippen LogP contribution in [0.15, 0.2) is 0 Å². The number of nitrogens with two attached hydrogens (primary N) is 1. The standard InChI is InChI=1S/C12H22N4O/c1-9-8-16(5-4-6-17-9)12-11(7-13)10(2)14-15(12)3/h9H,4-8,13H2,1-3H3/t9-/m0/s1. The number of aryl methyl sites for hydroxylation is 2. The van der Waals surface area contributed by atoms with Crippen molar-refractivity contribution in [1.29, 1.82) is 0 Å². The van der Waals surface area contributed by atoms with Gasteiger partial charge >= 0.3 is 0 Å². The highest BCUT2D eigenvalue weighted by Crippen LogP contribution is 2.24. The van der Waals surface area contributed by atoms with Crippen LogP contribution in [-0.2, 0) is 18.3 Å². The minimum atomic E-state index is 0.262. The van der Waals surface area contributed by atoms with Crippen molar-refractivity contribution in [3.05, 3.63) is 11.3 Å². The molecule has 0 spiro atoms. The topological polar surface area (TPSA) is 56.3 Å². The van der Waals surface area contributed by atoms with Gasteiger partial charge in [0.25, 0.3) is 0 Å². The second-order valence-electron chi connectivity index (χ2n) is 4.70. The zero-order chi connectivity index (χ0) is 12.4. The van der Waals surface area contributed by atoms with E-state index in [0.717, 1.165) is 43.2 Å². The predicted octanol–water partition coefficient (Wildman–Crippen LogP) is 0.802. The largest absolute Gasteiger partial charge is 0.377 e. The molecular formula is C12H22N4O. The van der Waals surface area contributed by atoms with Crippen molar-refractivity contribution in [1.82, 2.24) is 9.78 Å². The number of aromatic nitrogens is 2. The molecule has 0 aliphatic carbocycles. The minimum absolute atomic E-state index is 0.262. The molecule has 5 nitrogen and oxygen atoms in total. The van der Waals surface area contributed by atoms with E-state index >= 15 is 0 Å². The van der Waals surface area contributed by atoms with Gasteiger partial charge in [-0.05, 0) is 20.3 Å². The van der Waals surface area contributed by atoms with Crippen LogP contribution in [0.5, 0.6) is 0 Å². The fourth-order valence-corrected chi connectivity index (χ4v) is 2.51. The van der Waals surface area contributed by atoms with Crippen molar-refractivity contribution in [3.8, 4) is 0 Å². The van der Waals surface area contributed by atoms with Crippen molar-refractivity contribution >= 4 is 5.82 Å². The first-order chi connectivity index (χ1) is 8.13. The summed E-state index contributed by atoms with van der Waals surface area (Å²) >= 11 is 0. The maximum Gasteiger partial charge on any atom is 0.131 e. The lowest BCUT2D eigenvalue weighted by molar-refractivity contribution is 0.0820. The van der Waals surface area contributed by atoms with Crippen LogP contribution in [0, 0.1) is 6.92 Å². The summed E-state index contributed by atoms with van der Waals surface area (Å²) in [6.07, 6.45) is 1.32. The van der Waals surface area contributed by atoms with E-state index in [-0.39, 0.29) is 6.10 Å². The van der Waals surface area contributed by atoms with E-state index in [1.165, 1.54) is 0 Å². The van der Waals surface area contributed by atoms with Gasteiger partial charge in [0.15, 0.2) is 0 Å². The van der Waals surface area contributed by atoms with Crippen LogP contribution in [0.2, 0.25) is 0 Å². The van der Waals surface area contributed by atoms with Crippen LogP contribution >= 0.6 is 0 Å². The van der Waals surface area contributed by atoms with Gasteiger partial charge < -0.3 is 15.4 Å². The molecule has 1 fully saturated rings. The van der Waals surface area contributed by atoms with E-state index in [1.54, 1.807) is 0 Å². The molecule has 1 atom stereocenters. The van der Waals surface area contributed by atoms with Gasteiger partial charge in [0, 0.05) is 38.9 Å². The molecule has 2 rings (SSSR count). The van der Waals surface area contributed by atoms with Crippen molar-refractivity contribution < 1.29 is 4.74 Å². The summed E-state index contributed by atoms with van der Waals surface area (Å²) in [6, 6.07) is 0. The van der Waals surface area contributed by atoms with Crippen LogP contribution in [0.25, 0.3) is 0 Å². The number of anilines is 1. The predicted molar refractivity (Wildman–Crippen MR) is 68.1 cm³/mol. The van der Waals surface area contributed by atoms with Crippen molar-refractivity contribution in [2.45, 2.75) is 32.9 Å². The Hall–Kier alpha value is -1.07. The summed E-state index contributed by atoms with van der Waals surface area (Å²) in [4.78, 5) is 2.35. The lowest BCUT2D eigenvalue weighted by Crippen LogP contribution is -2.32. The first-order valence-electron chi connectivity index (χ1n) is 6.22. The fraction of sp³-hybridized carbons (Fsp3) is 0.750. The maximum atomic E-state index is 5.83. The Bertz CT molecular complexity index is 388. The normalized spacial score (nSPS) is 21.6. The van der Waals surface area contributed by atoms with Gasteiger partial charge in [0.1, 0.15) is 5.82 Å². The van der Waals surface area contributed by atoms with Gasteiger partial charge in [0.2, 0.25) is 0 Å².